The van der Waals surface area contributed by atoms with Gasteiger partial charge in [-0.05, 0) is 19.1 Å². The Morgan fingerprint density at radius 3 is 3.07 bits per heavy atom. The lowest BCUT2D eigenvalue weighted by atomic mass is 10.1. The molecule has 0 unspecified atom stereocenters. The molecule has 0 aliphatic rings. The fourth-order valence-electron chi connectivity index (χ4n) is 1.56. The van der Waals surface area contributed by atoms with Crippen molar-refractivity contribution in [3.05, 3.63) is 30.0 Å². The number of rotatable bonds is 3. The minimum absolute atomic E-state index is 0.304. The average molecular weight is 191 g/mol. The van der Waals surface area contributed by atoms with E-state index in [-0.39, 0.29) is 0 Å². The summed E-state index contributed by atoms with van der Waals surface area (Å²) in [6.07, 6.45) is 1.88. The predicted octanol–water partition coefficient (Wildman–Crippen LogP) is 2.41. The van der Waals surface area contributed by atoms with Crippen molar-refractivity contribution in [1.82, 2.24) is 4.98 Å². The SMILES string of the molecule is CCOCc1c[nH]c2cccc(O)c12. The van der Waals surface area contributed by atoms with Crippen LogP contribution >= 0.6 is 0 Å². The number of aromatic amines is 1. The van der Waals surface area contributed by atoms with E-state index >= 15 is 0 Å². The number of aromatic hydroxyl groups is 1. The monoisotopic (exact) mass is 191 g/mol. The molecule has 0 aliphatic heterocycles. The zero-order chi connectivity index (χ0) is 9.97. The standard InChI is InChI=1S/C11H13NO2/c1-2-14-7-8-6-12-9-4-3-5-10(13)11(8)9/h3-6,12-13H,2,7H2,1H3. The molecule has 2 N–H and O–H groups in total. The van der Waals surface area contributed by atoms with Crippen molar-refractivity contribution in [3.63, 3.8) is 0 Å². The van der Waals surface area contributed by atoms with Crippen molar-refractivity contribution in [2.24, 2.45) is 0 Å². The van der Waals surface area contributed by atoms with Crippen LogP contribution in [0.1, 0.15) is 12.5 Å². The van der Waals surface area contributed by atoms with Gasteiger partial charge in [0.1, 0.15) is 5.75 Å². The van der Waals surface area contributed by atoms with Crippen LogP contribution in [0.25, 0.3) is 10.9 Å². The molecule has 1 heterocycles. The summed E-state index contributed by atoms with van der Waals surface area (Å²) in [7, 11) is 0. The highest BCUT2D eigenvalue weighted by Crippen LogP contribution is 2.27. The van der Waals surface area contributed by atoms with Crippen LogP contribution in [0.5, 0.6) is 5.75 Å². The lowest BCUT2D eigenvalue weighted by Gasteiger charge is -2.00. The van der Waals surface area contributed by atoms with Crippen LogP contribution in [0.4, 0.5) is 0 Å². The van der Waals surface area contributed by atoms with E-state index in [4.69, 9.17) is 4.74 Å². The second-order valence-electron chi connectivity index (χ2n) is 3.15. The molecule has 3 heteroatoms. The first-order valence-electron chi connectivity index (χ1n) is 4.68. The summed E-state index contributed by atoms with van der Waals surface area (Å²) < 4.78 is 5.31. The molecule has 0 atom stereocenters. The van der Waals surface area contributed by atoms with Gasteiger partial charge in [-0.3, -0.25) is 0 Å². The minimum Gasteiger partial charge on any atom is -0.507 e. The van der Waals surface area contributed by atoms with Crippen LogP contribution in [0.2, 0.25) is 0 Å². The number of nitrogens with one attached hydrogen (secondary N) is 1. The number of benzene rings is 1. The summed E-state index contributed by atoms with van der Waals surface area (Å²) in [5, 5.41) is 10.5. The molecular weight excluding hydrogens is 178 g/mol. The van der Waals surface area contributed by atoms with E-state index in [1.54, 1.807) is 6.07 Å². The summed E-state index contributed by atoms with van der Waals surface area (Å²) in [4.78, 5) is 3.10. The fraction of sp³-hybridized carbons (Fsp3) is 0.273. The number of H-pyrrole nitrogens is 1. The van der Waals surface area contributed by atoms with Gasteiger partial charge in [-0.2, -0.15) is 0 Å². The summed E-state index contributed by atoms with van der Waals surface area (Å²) in [6, 6.07) is 5.44. The van der Waals surface area contributed by atoms with Crippen LogP contribution in [0.15, 0.2) is 24.4 Å². The molecule has 0 radical (unpaired) electrons. The lowest BCUT2D eigenvalue weighted by Crippen LogP contribution is -1.90. The molecule has 14 heavy (non-hydrogen) atoms. The second-order valence-corrected chi connectivity index (χ2v) is 3.15. The number of hydrogen-bond donors (Lipinski definition) is 2. The van der Waals surface area contributed by atoms with Crippen molar-refractivity contribution in [1.29, 1.82) is 0 Å². The third kappa shape index (κ3) is 1.46. The van der Waals surface area contributed by atoms with Gasteiger partial charge in [0, 0.05) is 29.3 Å². The first kappa shape index (κ1) is 9.09. The predicted molar refractivity (Wildman–Crippen MR) is 55.3 cm³/mol. The maximum absolute atomic E-state index is 9.66. The van der Waals surface area contributed by atoms with Crippen LogP contribution < -0.4 is 0 Å². The Morgan fingerprint density at radius 1 is 1.43 bits per heavy atom. The quantitative estimate of drug-likeness (QED) is 0.782. The van der Waals surface area contributed by atoms with Gasteiger partial charge >= 0.3 is 0 Å². The number of aromatic nitrogens is 1. The second kappa shape index (κ2) is 3.72. The summed E-state index contributed by atoms with van der Waals surface area (Å²) in [6.45, 7) is 3.17. The normalized spacial score (nSPS) is 10.9. The Hall–Kier alpha value is -1.48. The molecule has 0 spiro atoms. The maximum atomic E-state index is 9.66. The molecule has 3 nitrogen and oxygen atoms in total. The van der Waals surface area contributed by atoms with E-state index in [1.807, 2.05) is 25.3 Å². The third-order valence-electron chi connectivity index (χ3n) is 2.23. The van der Waals surface area contributed by atoms with Crippen LogP contribution in [-0.4, -0.2) is 16.7 Å². The number of phenols is 1. The van der Waals surface area contributed by atoms with Gasteiger partial charge < -0.3 is 14.8 Å². The summed E-state index contributed by atoms with van der Waals surface area (Å²) in [5.74, 6) is 0.304. The molecule has 0 bridgehead atoms. The molecule has 2 aromatic rings. The van der Waals surface area contributed by atoms with Gasteiger partial charge in [0.25, 0.3) is 0 Å². The number of ether oxygens (including phenoxy) is 1. The van der Waals surface area contributed by atoms with Crippen molar-refractivity contribution < 1.29 is 9.84 Å². The number of phenolic OH excluding ortho intramolecular Hbond substituents is 1. The number of fused-ring (bicyclic) bond motifs is 1. The third-order valence-corrected chi connectivity index (χ3v) is 2.23. The molecule has 74 valence electrons. The molecule has 0 aliphatic carbocycles. The van der Waals surface area contributed by atoms with Gasteiger partial charge in [-0.25, -0.2) is 0 Å². The Labute approximate surface area is 82.3 Å². The molecule has 1 aromatic heterocycles. The zero-order valence-corrected chi connectivity index (χ0v) is 8.08. The van der Waals surface area contributed by atoms with Crippen LogP contribution in [0, 0.1) is 0 Å². The van der Waals surface area contributed by atoms with Gasteiger partial charge in [0.2, 0.25) is 0 Å². The molecule has 0 amide bonds. The number of hydrogen-bond acceptors (Lipinski definition) is 2. The van der Waals surface area contributed by atoms with Gasteiger partial charge in [0.15, 0.2) is 0 Å². The zero-order valence-electron chi connectivity index (χ0n) is 8.08. The average Bonchev–Trinajstić information content (AvgIpc) is 2.59. The Morgan fingerprint density at radius 2 is 2.29 bits per heavy atom. The fourth-order valence-corrected chi connectivity index (χ4v) is 1.56. The van der Waals surface area contributed by atoms with Gasteiger partial charge in [-0.1, -0.05) is 6.07 Å². The molecule has 1 aromatic carbocycles. The Balaban J connectivity index is 2.45. The first-order valence-corrected chi connectivity index (χ1v) is 4.68. The van der Waals surface area contributed by atoms with Crippen molar-refractivity contribution in [2.75, 3.05) is 6.61 Å². The molecule has 2 rings (SSSR count). The van der Waals surface area contributed by atoms with Gasteiger partial charge in [0.05, 0.1) is 6.61 Å². The molecule has 0 fully saturated rings. The van der Waals surface area contributed by atoms with Gasteiger partial charge in [-0.15, -0.1) is 0 Å². The van der Waals surface area contributed by atoms with Crippen molar-refractivity contribution in [3.8, 4) is 5.75 Å². The highest BCUT2D eigenvalue weighted by atomic mass is 16.5. The van der Waals surface area contributed by atoms with Crippen molar-refractivity contribution >= 4 is 10.9 Å². The maximum Gasteiger partial charge on any atom is 0.125 e. The van der Waals surface area contributed by atoms with E-state index in [0.29, 0.717) is 19.0 Å². The molecule has 0 saturated heterocycles. The van der Waals surface area contributed by atoms with Crippen LogP contribution in [-0.2, 0) is 11.3 Å². The Kier molecular flexibility index (Phi) is 2.41. The highest BCUT2D eigenvalue weighted by molar-refractivity contribution is 5.88. The summed E-state index contributed by atoms with van der Waals surface area (Å²) in [5.41, 5.74) is 1.94. The molecule has 0 saturated carbocycles. The summed E-state index contributed by atoms with van der Waals surface area (Å²) >= 11 is 0. The van der Waals surface area contributed by atoms with E-state index in [2.05, 4.69) is 4.98 Å². The molecular formula is C11H13NO2. The highest BCUT2D eigenvalue weighted by Gasteiger charge is 2.06. The van der Waals surface area contributed by atoms with Crippen molar-refractivity contribution in [2.45, 2.75) is 13.5 Å². The largest absolute Gasteiger partial charge is 0.507 e. The smallest absolute Gasteiger partial charge is 0.125 e. The minimum atomic E-state index is 0.304. The van der Waals surface area contributed by atoms with Crippen LogP contribution in [0.3, 0.4) is 0 Å². The van der Waals surface area contributed by atoms with E-state index in [1.165, 1.54) is 0 Å². The lowest BCUT2D eigenvalue weighted by molar-refractivity contribution is 0.135. The first-order chi connectivity index (χ1) is 6.83. The topological polar surface area (TPSA) is 45.2 Å². The van der Waals surface area contributed by atoms with E-state index in [9.17, 15) is 5.11 Å². The van der Waals surface area contributed by atoms with E-state index in [0.717, 1.165) is 16.5 Å². The van der Waals surface area contributed by atoms with E-state index < -0.39 is 0 Å². The Bertz CT molecular complexity index is 434.